The van der Waals surface area contributed by atoms with Gasteiger partial charge < -0.3 is 15.7 Å². The number of benzene rings is 1. The van der Waals surface area contributed by atoms with Crippen molar-refractivity contribution < 1.29 is 9.90 Å². The van der Waals surface area contributed by atoms with Gasteiger partial charge in [0.25, 0.3) is 0 Å². The second kappa shape index (κ2) is 5.97. The maximum absolute atomic E-state index is 10.9. The molecule has 0 bridgehead atoms. The average molecular weight is 257 g/mol. The van der Waals surface area contributed by atoms with E-state index in [-0.39, 0.29) is 12.5 Å². The van der Waals surface area contributed by atoms with Crippen LogP contribution in [0.5, 0.6) is 0 Å². The second-order valence-electron chi connectivity index (χ2n) is 4.05. The van der Waals surface area contributed by atoms with Crippen LogP contribution >= 0.6 is 0 Å². The molecule has 3 N–H and O–H groups in total. The van der Waals surface area contributed by atoms with E-state index in [1.807, 2.05) is 12.1 Å². The number of hydrogen-bond acceptors (Lipinski definition) is 4. The van der Waals surface area contributed by atoms with E-state index in [1.54, 1.807) is 30.5 Å². The van der Waals surface area contributed by atoms with Crippen LogP contribution in [0.4, 0.5) is 17.2 Å². The van der Waals surface area contributed by atoms with Crippen molar-refractivity contribution in [3.8, 4) is 0 Å². The molecule has 1 aromatic carbocycles. The normalized spacial score (nSPS) is 10.0. The van der Waals surface area contributed by atoms with E-state index in [0.717, 1.165) is 16.9 Å². The Morgan fingerprint density at radius 1 is 1.21 bits per heavy atom. The van der Waals surface area contributed by atoms with Crippen molar-refractivity contribution in [1.29, 1.82) is 0 Å². The van der Waals surface area contributed by atoms with E-state index in [0.29, 0.717) is 5.82 Å². The van der Waals surface area contributed by atoms with Crippen LogP contribution in [0.2, 0.25) is 0 Å². The summed E-state index contributed by atoms with van der Waals surface area (Å²) in [6, 6.07) is 10.8. The van der Waals surface area contributed by atoms with Crippen molar-refractivity contribution in [2.24, 2.45) is 0 Å². The Balaban J connectivity index is 2.13. The number of carbonyl (C=O) groups excluding carboxylic acids is 1. The number of nitrogens with zero attached hydrogens (tertiary/aromatic N) is 1. The Morgan fingerprint density at radius 3 is 2.53 bits per heavy atom. The Kier molecular flexibility index (Phi) is 4.10. The predicted molar refractivity (Wildman–Crippen MR) is 74.2 cm³/mol. The van der Waals surface area contributed by atoms with Crippen LogP contribution in [0, 0.1) is 0 Å². The number of pyridine rings is 1. The Bertz CT molecular complexity index is 567. The summed E-state index contributed by atoms with van der Waals surface area (Å²) in [4.78, 5) is 15.1. The summed E-state index contributed by atoms with van der Waals surface area (Å²) in [7, 11) is 0. The van der Waals surface area contributed by atoms with Crippen molar-refractivity contribution in [3.63, 3.8) is 0 Å². The first-order valence-corrected chi connectivity index (χ1v) is 5.88. The van der Waals surface area contributed by atoms with Gasteiger partial charge in [-0.25, -0.2) is 4.98 Å². The molecule has 2 aromatic rings. The lowest BCUT2D eigenvalue weighted by Gasteiger charge is -2.10. The highest BCUT2D eigenvalue weighted by Crippen LogP contribution is 2.20. The highest BCUT2D eigenvalue weighted by atomic mass is 16.3. The molecule has 1 amide bonds. The fraction of sp³-hybridized carbons (Fsp3) is 0.143. The third-order valence-electron chi connectivity index (χ3n) is 2.53. The predicted octanol–water partition coefficient (Wildman–Crippen LogP) is 2.28. The van der Waals surface area contributed by atoms with Crippen LogP contribution in [-0.4, -0.2) is 16.0 Å². The quantitative estimate of drug-likeness (QED) is 0.785. The zero-order chi connectivity index (χ0) is 13.7. The minimum absolute atomic E-state index is 0.0693. The minimum atomic E-state index is -0.104. The minimum Gasteiger partial charge on any atom is -0.392 e. The van der Waals surface area contributed by atoms with E-state index < -0.39 is 0 Å². The monoisotopic (exact) mass is 257 g/mol. The molecular weight excluding hydrogens is 242 g/mol. The van der Waals surface area contributed by atoms with E-state index >= 15 is 0 Å². The van der Waals surface area contributed by atoms with Crippen LogP contribution in [-0.2, 0) is 11.4 Å². The van der Waals surface area contributed by atoms with E-state index in [1.165, 1.54) is 6.92 Å². The number of hydrogen-bond donors (Lipinski definition) is 3. The van der Waals surface area contributed by atoms with Crippen LogP contribution in [0.15, 0.2) is 42.6 Å². The first-order chi connectivity index (χ1) is 9.19. The van der Waals surface area contributed by atoms with Crippen molar-refractivity contribution >= 4 is 23.1 Å². The van der Waals surface area contributed by atoms with Gasteiger partial charge in [0.1, 0.15) is 5.82 Å². The van der Waals surface area contributed by atoms with Gasteiger partial charge in [-0.05, 0) is 30.3 Å². The Hall–Kier alpha value is -2.40. The van der Waals surface area contributed by atoms with Gasteiger partial charge in [-0.1, -0.05) is 6.07 Å². The van der Waals surface area contributed by atoms with Gasteiger partial charge in [-0.2, -0.15) is 0 Å². The molecular formula is C14H15N3O2. The molecule has 5 nitrogen and oxygen atoms in total. The molecule has 1 heterocycles. The van der Waals surface area contributed by atoms with Gasteiger partial charge in [0, 0.05) is 30.1 Å². The third kappa shape index (κ3) is 3.53. The lowest BCUT2D eigenvalue weighted by molar-refractivity contribution is -0.114. The fourth-order valence-electron chi connectivity index (χ4n) is 1.66. The summed E-state index contributed by atoms with van der Waals surface area (Å²) in [5, 5.41) is 15.0. The molecule has 0 saturated carbocycles. The number of nitrogens with one attached hydrogen (secondary N) is 2. The summed E-state index contributed by atoms with van der Waals surface area (Å²) >= 11 is 0. The number of aliphatic hydroxyl groups is 1. The number of aromatic nitrogens is 1. The van der Waals surface area contributed by atoms with Gasteiger partial charge in [-0.3, -0.25) is 4.79 Å². The third-order valence-corrected chi connectivity index (χ3v) is 2.53. The molecule has 0 saturated heterocycles. The largest absolute Gasteiger partial charge is 0.392 e. The molecule has 2 rings (SSSR count). The molecule has 0 aliphatic rings. The van der Waals surface area contributed by atoms with Crippen LogP contribution < -0.4 is 10.6 Å². The first kappa shape index (κ1) is 13.0. The van der Waals surface area contributed by atoms with E-state index in [4.69, 9.17) is 0 Å². The maximum Gasteiger partial charge on any atom is 0.221 e. The lowest BCUT2D eigenvalue weighted by atomic mass is 10.2. The number of anilines is 3. The number of carbonyl (C=O) groups is 1. The smallest absolute Gasteiger partial charge is 0.221 e. The van der Waals surface area contributed by atoms with E-state index in [9.17, 15) is 9.90 Å². The molecule has 0 aliphatic carbocycles. The van der Waals surface area contributed by atoms with Gasteiger partial charge >= 0.3 is 0 Å². The van der Waals surface area contributed by atoms with Crippen molar-refractivity contribution in [1.82, 2.24) is 4.98 Å². The number of aliphatic hydroxyl groups excluding tert-OH is 1. The topological polar surface area (TPSA) is 74.2 Å². The Labute approximate surface area is 111 Å². The molecule has 5 heteroatoms. The van der Waals surface area contributed by atoms with Gasteiger partial charge in [0.05, 0.1) is 6.61 Å². The molecule has 0 unspecified atom stereocenters. The molecule has 0 atom stereocenters. The lowest BCUT2D eigenvalue weighted by Crippen LogP contribution is -2.05. The van der Waals surface area contributed by atoms with E-state index in [2.05, 4.69) is 15.6 Å². The Morgan fingerprint density at radius 2 is 1.89 bits per heavy atom. The highest BCUT2D eigenvalue weighted by molar-refractivity contribution is 5.88. The SMILES string of the molecule is CC(=O)Nc1ccc(Nc2ncccc2CO)cc1. The van der Waals surface area contributed by atoms with Gasteiger partial charge in [0.2, 0.25) is 5.91 Å². The van der Waals surface area contributed by atoms with Crippen molar-refractivity contribution in [2.45, 2.75) is 13.5 Å². The van der Waals surface area contributed by atoms with Crippen molar-refractivity contribution in [2.75, 3.05) is 10.6 Å². The summed E-state index contributed by atoms with van der Waals surface area (Å²) in [6.07, 6.45) is 1.66. The summed E-state index contributed by atoms with van der Waals surface area (Å²) in [5.74, 6) is 0.519. The zero-order valence-corrected chi connectivity index (χ0v) is 10.6. The highest BCUT2D eigenvalue weighted by Gasteiger charge is 2.02. The molecule has 19 heavy (non-hydrogen) atoms. The fourth-order valence-corrected chi connectivity index (χ4v) is 1.66. The molecule has 0 aliphatic heterocycles. The van der Waals surface area contributed by atoms with Crippen LogP contribution in [0.25, 0.3) is 0 Å². The zero-order valence-electron chi connectivity index (χ0n) is 10.6. The maximum atomic E-state index is 10.9. The number of rotatable bonds is 4. The van der Waals surface area contributed by atoms with Crippen LogP contribution in [0.1, 0.15) is 12.5 Å². The standard InChI is InChI=1S/C14H15N3O2/c1-10(19)16-12-4-6-13(7-5-12)17-14-11(9-18)3-2-8-15-14/h2-8,18H,9H2,1H3,(H,15,17)(H,16,19). The first-order valence-electron chi connectivity index (χ1n) is 5.88. The second-order valence-corrected chi connectivity index (χ2v) is 4.05. The summed E-state index contributed by atoms with van der Waals surface area (Å²) in [6.45, 7) is 1.40. The average Bonchev–Trinajstić information content (AvgIpc) is 2.41. The molecule has 0 spiro atoms. The van der Waals surface area contributed by atoms with Crippen LogP contribution in [0.3, 0.4) is 0 Å². The molecule has 98 valence electrons. The van der Waals surface area contributed by atoms with Gasteiger partial charge in [0.15, 0.2) is 0 Å². The molecule has 0 radical (unpaired) electrons. The number of amides is 1. The van der Waals surface area contributed by atoms with Crippen molar-refractivity contribution in [3.05, 3.63) is 48.2 Å². The van der Waals surface area contributed by atoms with Gasteiger partial charge in [-0.15, -0.1) is 0 Å². The molecule has 0 fully saturated rings. The summed E-state index contributed by atoms with van der Waals surface area (Å²) in [5.41, 5.74) is 2.30. The summed E-state index contributed by atoms with van der Waals surface area (Å²) < 4.78 is 0. The molecule has 1 aromatic heterocycles.